The molecule has 0 aromatic heterocycles. The minimum Gasteiger partial charge on any atom is -0.455 e. The zero-order chi connectivity index (χ0) is 9.80. The zero-order valence-electron chi connectivity index (χ0n) is 7.61. The maximum absolute atomic E-state index is 13.2. The Hall–Kier alpha value is -1.57. The minimum atomic E-state index is -0.337. The van der Waals surface area contributed by atoms with E-state index in [1.165, 1.54) is 6.07 Å². The summed E-state index contributed by atoms with van der Waals surface area (Å²) in [5.74, 6) is 0.624. The van der Waals surface area contributed by atoms with Crippen LogP contribution < -0.4 is 4.74 Å². The standard InChI is InChI=1S/C12H10FO/c13-11-8-4-5-9-12(11)14-10-6-2-1-3-7-10/h1-2,4-9H,3H2. The van der Waals surface area contributed by atoms with Crippen LogP contribution in [-0.4, -0.2) is 0 Å². The summed E-state index contributed by atoms with van der Waals surface area (Å²) in [4.78, 5) is 0. The lowest BCUT2D eigenvalue weighted by Gasteiger charge is -2.09. The lowest BCUT2D eigenvalue weighted by molar-refractivity contribution is 0.409. The van der Waals surface area contributed by atoms with Crippen LogP contribution >= 0.6 is 0 Å². The summed E-state index contributed by atoms with van der Waals surface area (Å²) in [6.45, 7) is 0. The van der Waals surface area contributed by atoms with Crippen LogP contribution in [0.5, 0.6) is 5.75 Å². The Morgan fingerprint density at radius 1 is 1.21 bits per heavy atom. The van der Waals surface area contributed by atoms with E-state index in [1.807, 2.05) is 24.6 Å². The molecule has 0 aliphatic heterocycles. The van der Waals surface area contributed by atoms with Crippen LogP contribution in [0, 0.1) is 12.2 Å². The predicted octanol–water partition coefficient (Wildman–Crippen LogP) is 3.25. The third kappa shape index (κ3) is 2.02. The van der Waals surface area contributed by atoms with Gasteiger partial charge in [0.2, 0.25) is 0 Å². The number of halogens is 1. The van der Waals surface area contributed by atoms with E-state index < -0.39 is 0 Å². The van der Waals surface area contributed by atoms with Gasteiger partial charge in [-0.1, -0.05) is 18.2 Å². The topological polar surface area (TPSA) is 9.23 Å². The third-order valence-corrected chi connectivity index (χ3v) is 1.92. The van der Waals surface area contributed by atoms with Gasteiger partial charge in [0.15, 0.2) is 11.6 Å². The molecule has 0 heterocycles. The smallest absolute Gasteiger partial charge is 0.165 e. The van der Waals surface area contributed by atoms with Crippen molar-refractivity contribution in [3.63, 3.8) is 0 Å². The summed E-state index contributed by atoms with van der Waals surface area (Å²) in [5, 5.41) is 0. The summed E-state index contributed by atoms with van der Waals surface area (Å²) < 4.78 is 18.5. The molecule has 0 bridgehead atoms. The van der Waals surface area contributed by atoms with E-state index in [2.05, 4.69) is 0 Å². The second-order valence-electron chi connectivity index (χ2n) is 2.97. The first kappa shape index (κ1) is 9.00. The maximum atomic E-state index is 13.2. The van der Waals surface area contributed by atoms with Crippen molar-refractivity contribution in [2.75, 3.05) is 0 Å². The summed E-state index contributed by atoms with van der Waals surface area (Å²) in [6.07, 6.45) is 8.47. The van der Waals surface area contributed by atoms with Crippen LogP contribution in [0.1, 0.15) is 6.42 Å². The molecule has 0 spiro atoms. The number of hydrogen-bond acceptors (Lipinski definition) is 1. The van der Waals surface area contributed by atoms with E-state index in [4.69, 9.17) is 4.74 Å². The largest absolute Gasteiger partial charge is 0.455 e. The van der Waals surface area contributed by atoms with Gasteiger partial charge >= 0.3 is 0 Å². The van der Waals surface area contributed by atoms with Crippen molar-refractivity contribution in [1.29, 1.82) is 0 Å². The Morgan fingerprint density at radius 2 is 2.07 bits per heavy atom. The number of rotatable bonds is 2. The van der Waals surface area contributed by atoms with E-state index in [0.29, 0.717) is 5.76 Å². The Balaban J connectivity index is 2.14. The molecule has 0 fully saturated rings. The molecular weight excluding hydrogens is 179 g/mol. The summed E-state index contributed by atoms with van der Waals surface area (Å²) in [7, 11) is 0. The first-order chi connectivity index (χ1) is 6.86. The number of para-hydroxylation sites is 1. The Kier molecular flexibility index (Phi) is 2.63. The number of allylic oxidation sites excluding steroid dienone is 3. The first-order valence-corrected chi connectivity index (χ1v) is 4.49. The van der Waals surface area contributed by atoms with Gasteiger partial charge in [-0.15, -0.1) is 0 Å². The fourth-order valence-electron chi connectivity index (χ4n) is 1.22. The quantitative estimate of drug-likeness (QED) is 0.693. The molecule has 0 amide bonds. The van der Waals surface area contributed by atoms with Crippen molar-refractivity contribution in [3.05, 3.63) is 60.5 Å². The van der Waals surface area contributed by atoms with Crippen LogP contribution in [0.15, 0.2) is 48.3 Å². The average Bonchev–Trinajstić information content (AvgIpc) is 2.23. The summed E-state index contributed by atoms with van der Waals surface area (Å²) in [5.41, 5.74) is 0. The van der Waals surface area contributed by atoms with Gasteiger partial charge in [-0.05, 0) is 37.1 Å². The van der Waals surface area contributed by atoms with Crippen LogP contribution in [-0.2, 0) is 0 Å². The molecule has 1 nitrogen and oxygen atoms in total. The molecule has 1 radical (unpaired) electrons. The van der Waals surface area contributed by atoms with E-state index in [0.717, 1.165) is 6.42 Å². The van der Waals surface area contributed by atoms with E-state index in [9.17, 15) is 4.39 Å². The predicted molar refractivity (Wildman–Crippen MR) is 53.2 cm³/mol. The van der Waals surface area contributed by atoms with E-state index in [1.54, 1.807) is 18.2 Å². The lowest BCUT2D eigenvalue weighted by atomic mass is 10.2. The van der Waals surface area contributed by atoms with Gasteiger partial charge in [-0.2, -0.15) is 0 Å². The van der Waals surface area contributed by atoms with Crippen LogP contribution in [0.2, 0.25) is 0 Å². The van der Waals surface area contributed by atoms with Gasteiger partial charge < -0.3 is 4.74 Å². The first-order valence-electron chi connectivity index (χ1n) is 4.49. The Labute approximate surface area is 82.5 Å². The van der Waals surface area contributed by atoms with Crippen molar-refractivity contribution in [2.24, 2.45) is 0 Å². The van der Waals surface area contributed by atoms with E-state index in [-0.39, 0.29) is 11.6 Å². The fourth-order valence-corrected chi connectivity index (χ4v) is 1.22. The summed E-state index contributed by atoms with van der Waals surface area (Å²) >= 11 is 0. The minimum absolute atomic E-state index is 0.269. The molecule has 0 unspecified atom stereocenters. The molecule has 71 valence electrons. The molecule has 0 saturated carbocycles. The molecule has 14 heavy (non-hydrogen) atoms. The van der Waals surface area contributed by atoms with Crippen molar-refractivity contribution in [1.82, 2.24) is 0 Å². The van der Waals surface area contributed by atoms with Gasteiger partial charge in [0, 0.05) is 0 Å². The highest BCUT2D eigenvalue weighted by Crippen LogP contribution is 2.20. The normalized spacial score (nSPS) is 15.1. The van der Waals surface area contributed by atoms with Gasteiger partial charge in [-0.25, -0.2) is 4.39 Å². The average molecular weight is 189 g/mol. The van der Waals surface area contributed by atoms with Crippen molar-refractivity contribution in [3.8, 4) is 5.75 Å². The highest BCUT2D eigenvalue weighted by atomic mass is 19.1. The van der Waals surface area contributed by atoms with Crippen molar-refractivity contribution in [2.45, 2.75) is 6.42 Å². The molecule has 2 rings (SSSR count). The van der Waals surface area contributed by atoms with E-state index >= 15 is 0 Å². The van der Waals surface area contributed by atoms with Gasteiger partial charge in [-0.3, -0.25) is 0 Å². The second-order valence-corrected chi connectivity index (χ2v) is 2.97. The number of benzene rings is 1. The molecule has 2 heteroatoms. The summed E-state index contributed by atoms with van der Waals surface area (Å²) in [6, 6.07) is 6.38. The van der Waals surface area contributed by atoms with Crippen LogP contribution in [0.4, 0.5) is 4.39 Å². The highest BCUT2D eigenvalue weighted by molar-refractivity contribution is 5.30. The zero-order valence-corrected chi connectivity index (χ0v) is 7.61. The molecule has 1 aliphatic rings. The molecule has 0 atom stereocenters. The Morgan fingerprint density at radius 3 is 2.79 bits per heavy atom. The molecule has 0 saturated heterocycles. The molecule has 0 N–H and O–H groups in total. The van der Waals surface area contributed by atoms with Crippen molar-refractivity contribution >= 4 is 0 Å². The second kappa shape index (κ2) is 4.09. The highest BCUT2D eigenvalue weighted by Gasteiger charge is 2.04. The van der Waals surface area contributed by atoms with Crippen LogP contribution in [0.3, 0.4) is 0 Å². The van der Waals surface area contributed by atoms with Gasteiger partial charge in [0.25, 0.3) is 0 Å². The third-order valence-electron chi connectivity index (χ3n) is 1.92. The number of ether oxygens (including phenoxy) is 1. The lowest BCUT2D eigenvalue weighted by Crippen LogP contribution is -1.97. The number of hydrogen-bond donors (Lipinski definition) is 0. The molecular formula is C12H10FO. The fraction of sp³-hybridized carbons (Fsp3) is 0.0833. The molecule has 1 aromatic rings. The van der Waals surface area contributed by atoms with Gasteiger partial charge in [0.1, 0.15) is 5.76 Å². The van der Waals surface area contributed by atoms with Crippen LogP contribution in [0.25, 0.3) is 0 Å². The monoisotopic (exact) mass is 189 g/mol. The van der Waals surface area contributed by atoms with Crippen molar-refractivity contribution < 1.29 is 9.13 Å². The maximum Gasteiger partial charge on any atom is 0.165 e. The SMILES string of the molecule is Fc1ccccc1OC1=CC[CH]C=C1. The molecule has 1 aliphatic carbocycles. The van der Waals surface area contributed by atoms with Gasteiger partial charge in [0.05, 0.1) is 0 Å². The Bertz CT molecular complexity index is 380. The molecule has 1 aromatic carbocycles.